The molecule has 0 aliphatic heterocycles. The predicted molar refractivity (Wildman–Crippen MR) is 127 cm³/mol. The first-order valence-electron chi connectivity index (χ1n) is 9.88. The van der Waals surface area contributed by atoms with Crippen LogP contribution in [-0.2, 0) is 0 Å². The summed E-state index contributed by atoms with van der Waals surface area (Å²) >= 11 is 10.8. The molecule has 34 heavy (non-hydrogen) atoms. The van der Waals surface area contributed by atoms with Crippen molar-refractivity contribution < 1.29 is 28.7 Å². The van der Waals surface area contributed by atoms with E-state index in [-0.39, 0.29) is 11.5 Å². The average molecular weight is 493 g/mol. The second-order valence-electron chi connectivity index (χ2n) is 7.15. The number of carbonyl (C=O) groups is 4. The van der Waals surface area contributed by atoms with E-state index in [1.165, 1.54) is 48.5 Å². The monoisotopic (exact) mass is 492 g/mol. The molecule has 0 atom stereocenters. The maximum atomic E-state index is 12.5. The highest BCUT2D eigenvalue weighted by atomic mass is 35.5. The van der Waals surface area contributed by atoms with Crippen molar-refractivity contribution >= 4 is 56.4 Å². The SMILES string of the molecule is O=C(Cl)c1ccc(OC(=O)c2ccc3cc(C(=O)Oc4ccc(C(=O)Cl)cc4)ccc3c2)cc1. The van der Waals surface area contributed by atoms with Crippen LogP contribution in [0.1, 0.15) is 41.4 Å². The molecule has 0 N–H and O–H groups in total. The summed E-state index contributed by atoms with van der Waals surface area (Å²) in [5.74, 6) is -0.606. The van der Waals surface area contributed by atoms with Gasteiger partial charge in [-0.2, -0.15) is 0 Å². The molecule has 0 saturated heterocycles. The average Bonchev–Trinajstić information content (AvgIpc) is 2.84. The van der Waals surface area contributed by atoms with Gasteiger partial charge < -0.3 is 9.47 Å². The van der Waals surface area contributed by atoms with Crippen molar-refractivity contribution in [3.8, 4) is 11.5 Å². The molecule has 0 fully saturated rings. The van der Waals surface area contributed by atoms with Gasteiger partial charge in [-0.25, -0.2) is 9.59 Å². The Kier molecular flexibility index (Phi) is 6.72. The number of halogens is 2. The number of hydrogen-bond acceptors (Lipinski definition) is 6. The molecule has 0 unspecified atom stereocenters. The van der Waals surface area contributed by atoms with Gasteiger partial charge in [0.05, 0.1) is 11.1 Å². The fraction of sp³-hybridized carbons (Fsp3) is 0. The van der Waals surface area contributed by atoms with Crippen molar-refractivity contribution in [1.29, 1.82) is 0 Å². The van der Waals surface area contributed by atoms with Crippen LogP contribution in [-0.4, -0.2) is 22.4 Å². The summed E-state index contributed by atoms with van der Waals surface area (Å²) in [6, 6.07) is 21.6. The zero-order valence-corrected chi connectivity index (χ0v) is 18.8. The molecule has 8 heteroatoms. The second kappa shape index (κ2) is 9.87. The molecule has 6 nitrogen and oxygen atoms in total. The Morgan fingerprint density at radius 3 is 1.12 bits per heavy atom. The molecule has 4 aromatic carbocycles. The van der Waals surface area contributed by atoms with E-state index in [1.54, 1.807) is 36.4 Å². The summed E-state index contributed by atoms with van der Waals surface area (Å²) in [6.07, 6.45) is 0. The lowest BCUT2D eigenvalue weighted by Crippen LogP contribution is -2.09. The van der Waals surface area contributed by atoms with E-state index in [0.29, 0.717) is 22.3 Å². The zero-order chi connectivity index (χ0) is 24.2. The standard InChI is InChI=1S/C26H14Cl2O6/c27-23(29)15-5-9-21(10-6-15)33-25(31)19-3-1-17-13-20(4-2-18(17)14-19)26(32)34-22-11-7-16(8-12-22)24(28)30/h1-14H. The minimum Gasteiger partial charge on any atom is -0.423 e. The van der Waals surface area contributed by atoms with Crippen LogP contribution in [0.15, 0.2) is 84.9 Å². The Labute approximate surface area is 203 Å². The second-order valence-corrected chi connectivity index (χ2v) is 7.84. The summed E-state index contributed by atoms with van der Waals surface area (Å²) in [7, 11) is 0. The third-order valence-corrected chi connectivity index (χ3v) is 5.33. The lowest BCUT2D eigenvalue weighted by atomic mass is 10.0. The van der Waals surface area contributed by atoms with Crippen LogP contribution in [0, 0.1) is 0 Å². The Bertz CT molecular complexity index is 1320. The van der Waals surface area contributed by atoms with Crippen LogP contribution in [0.5, 0.6) is 11.5 Å². The van der Waals surface area contributed by atoms with Gasteiger partial charge in [0, 0.05) is 11.1 Å². The highest BCUT2D eigenvalue weighted by Gasteiger charge is 2.13. The first kappa shape index (κ1) is 23.2. The Hall–Kier alpha value is -4.00. The van der Waals surface area contributed by atoms with Crippen molar-refractivity contribution in [3.63, 3.8) is 0 Å². The molecule has 168 valence electrons. The van der Waals surface area contributed by atoms with Crippen LogP contribution >= 0.6 is 23.2 Å². The van der Waals surface area contributed by atoms with Gasteiger partial charge in [0.15, 0.2) is 0 Å². The Morgan fingerprint density at radius 1 is 0.471 bits per heavy atom. The van der Waals surface area contributed by atoms with Gasteiger partial charge in [-0.3, -0.25) is 9.59 Å². The number of fused-ring (bicyclic) bond motifs is 1. The maximum Gasteiger partial charge on any atom is 0.343 e. The minimum atomic E-state index is -0.601. The molecule has 0 aliphatic rings. The Morgan fingerprint density at radius 2 is 0.794 bits per heavy atom. The van der Waals surface area contributed by atoms with Crippen molar-refractivity contribution in [1.82, 2.24) is 0 Å². The van der Waals surface area contributed by atoms with Crippen molar-refractivity contribution in [2.24, 2.45) is 0 Å². The summed E-state index contributed by atoms with van der Waals surface area (Å²) in [6.45, 7) is 0. The van der Waals surface area contributed by atoms with Crippen LogP contribution in [0.4, 0.5) is 0 Å². The third kappa shape index (κ3) is 5.31. The largest absolute Gasteiger partial charge is 0.423 e. The van der Waals surface area contributed by atoms with Gasteiger partial charge in [0.2, 0.25) is 0 Å². The van der Waals surface area contributed by atoms with E-state index in [1.807, 2.05) is 0 Å². The van der Waals surface area contributed by atoms with E-state index >= 15 is 0 Å². The molecule has 0 radical (unpaired) electrons. The smallest absolute Gasteiger partial charge is 0.343 e. The summed E-state index contributed by atoms with van der Waals surface area (Å²) in [5.41, 5.74) is 1.22. The van der Waals surface area contributed by atoms with Crippen LogP contribution < -0.4 is 9.47 Å². The molecule has 0 aliphatic carbocycles. The summed E-state index contributed by atoms with van der Waals surface area (Å²) in [5, 5.41) is 0.242. The minimum absolute atomic E-state index is 0.272. The van der Waals surface area contributed by atoms with Crippen molar-refractivity contribution in [2.75, 3.05) is 0 Å². The van der Waals surface area contributed by atoms with E-state index in [0.717, 1.165) is 10.8 Å². The molecule has 0 amide bonds. The number of carbonyl (C=O) groups excluding carboxylic acids is 4. The normalized spacial score (nSPS) is 10.5. The third-order valence-electron chi connectivity index (χ3n) is 4.90. The number of hydrogen-bond donors (Lipinski definition) is 0. The fourth-order valence-electron chi connectivity index (χ4n) is 3.14. The first-order chi connectivity index (χ1) is 16.3. The number of esters is 2. The number of benzene rings is 4. The van der Waals surface area contributed by atoms with Gasteiger partial charge >= 0.3 is 11.9 Å². The van der Waals surface area contributed by atoms with Crippen LogP contribution in [0.3, 0.4) is 0 Å². The lowest BCUT2D eigenvalue weighted by molar-refractivity contribution is 0.0725. The van der Waals surface area contributed by atoms with Crippen LogP contribution in [0.2, 0.25) is 0 Å². The van der Waals surface area contributed by atoms with E-state index in [4.69, 9.17) is 32.7 Å². The zero-order valence-electron chi connectivity index (χ0n) is 17.3. The first-order valence-corrected chi connectivity index (χ1v) is 10.6. The van der Waals surface area contributed by atoms with Crippen molar-refractivity contribution in [3.05, 3.63) is 107 Å². The molecule has 4 aromatic rings. The van der Waals surface area contributed by atoms with Gasteiger partial charge in [-0.15, -0.1) is 0 Å². The molecule has 0 bridgehead atoms. The maximum absolute atomic E-state index is 12.5. The summed E-state index contributed by atoms with van der Waals surface area (Å²) < 4.78 is 10.7. The van der Waals surface area contributed by atoms with Gasteiger partial charge in [0.1, 0.15) is 11.5 Å². The molecule has 0 saturated carbocycles. The van der Waals surface area contributed by atoms with Gasteiger partial charge in [0.25, 0.3) is 10.5 Å². The number of rotatable bonds is 6. The summed E-state index contributed by atoms with van der Waals surface area (Å²) in [4.78, 5) is 47.3. The molecule has 4 rings (SSSR count). The quantitative estimate of drug-likeness (QED) is 0.185. The van der Waals surface area contributed by atoms with E-state index in [2.05, 4.69) is 0 Å². The van der Waals surface area contributed by atoms with Crippen molar-refractivity contribution in [2.45, 2.75) is 0 Å². The molecular formula is C26H14Cl2O6. The molecular weight excluding hydrogens is 479 g/mol. The molecule has 0 aromatic heterocycles. The Balaban J connectivity index is 1.47. The lowest BCUT2D eigenvalue weighted by Gasteiger charge is -2.08. The molecule has 0 spiro atoms. The predicted octanol–water partition coefficient (Wildman–Crippen LogP) is 6.04. The molecule has 0 heterocycles. The highest BCUT2D eigenvalue weighted by molar-refractivity contribution is 6.68. The van der Waals surface area contributed by atoms with E-state index < -0.39 is 22.4 Å². The number of ether oxygens (including phenoxy) is 2. The fourth-order valence-corrected chi connectivity index (χ4v) is 3.39. The highest BCUT2D eigenvalue weighted by Crippen LogP contribution is 2.22. The topological polar surface area (TPSA) is 86.7 Å². The van der Waals surface area contributed by atoms with Crippen LogP contribution in [0.25, 0.3) is 10.8 Å². The van der Waals surface area contributed by atoms with E-state index in [9.17, 15) is 19.2 Å². The van der Waals surface area contributed by atoms with Gasteiger partial charge in [-0.1, -0.05) is 12.1 Å². The van der Waals surface area contributed by atoms with Gasteiger partial charge in [-0.05, 0) is 107 Å².